The SMILES string of the molecule is Cc1cc2nc(C(=O)N(C)C)ccc2c(-c2ccc(Cl)cc2)c1C(OC(C)(C)C)C(=O)O. The fourth-order valence-electron chi connectivity index (χ4n) is 3.62. The largest absolute Gasteiger partial charge is 0.479 e. The lowest BCUT2D eigenvalue weighted by Gasteiger charge is -2.28. The maximum atomic E-state index is 12.4. The number of carbonyl (C=O) groups excluding carboxylic acids is 1. The van der Waals surface area contributed by atoms with Crippen LogP contribution in [0.4, 0.5) is 0 Å². The number of rotatable bonds is 5. The van der Waals surface area contributed by atoms with Crippen molar-refractivity contribution >= 4 is 34.4 Å². The Morgan fingerprint density at radius 2 is 1.72 bits per heavy atom. The van der Waals surface area contributed by atoms with Crippen LogP contribution in [-0.4, -0.2) is 46.6 Å². The molecule has 0 saturated carbocycles. The molecule has 7 heteroatoms. The van der Waals surface area contributed by atoms with Crippen LogP contribution in [0.25, 0.3) is 22.0 Å². The van der Waals surface area contributed by atoms with Crippen molar-refractivity contribution in [2.24, 2.45) is 0 Å². The van der Waals surface area contributed by atoms with E-state index in [-0.39, 0.29) is 5.91 Å². The lowest BCUT2D eigenvalue weighted by molar-refractivity contribution is -0.160. The Hall–Kier alpha value is -2.96. The highest BCUT2D eigenvalue weighted by Gasteiger charge is 2.31. The molecule has 0 aliphatic carbocycles. The van der Waals surface area contributed by atoms with Gasteiger partial charge in [0.25, 0.3) is 5.91 Å². The summed E-state index contributed by atoms with van der Waals surface area (Å²) in [5, 5.41) is 11.4. The van der Waals surface area contributed by atoms with Gasteiger partial charge in [0.2, 0.25) is 0 Å². The van der Waals surface area contributed by atoms with Gasteiger partial charge in [-0.2, -0.15) is 0 Å². The second-order valence-electron chi connectivity index (χ2n) is 8.90. The van der Waals surface area contributed by atoms with E-state index in [1.807, 2.05) is 45.9 Å². The number of aromatic nitrogens is 1. The first-order valence-corrected chi connectivity index (χ1v) is 10.6. The summed E-state index contributed by atoms with van der Waals surface area (Å²) in [4.78, 5) is 30.8. The molecule has 0 aliphatic heterocycles. The monoisotopic (exact) mass is 454 g/mol. The number of aliphatic carboxylic acids is 1. The predicted molar refractivity (Wildman–Crippen MR) is 126 cm³/mol. The molecule has 0 bridgehead atoms. The molecule has 1 atom stereocenters. The summed E-state index contributed by atoms with van der Waals surface area (Å²) in [5.41, 5.74) is 2.99. The Labute approximate surface area is 192 Å². The van der Waals surface area contributed by atoms with E-state index in [0.717, 1.165) is 10.9 Å². The van der Waals surface area contributed by atoms with Crippen molar-refractivity contribution in [1.29, 1.82) is 0 Å². The first kappa shape index (κ1) is 23.7. The number of benzene rings is 2. The predicted octanol–water partition coefficient (Wildman–Crippen LogP) is 5.51. The molecule has 3 aromatic rings. The Balaban J connectivity index is 2.37. The van der Waals surface area contributed by atoms with Crippen molar-refractivity contribution in [2.75, 3.05) is 14.1 Å². The van der Waals surface area contributed by atoms with Crippen LogP contribution in [0.3, 0.4) is 0 Å². The molecule has 1 heterocycles. The molecule has 0 fully saturated rings. The van der Waals surface area contributed by atoms with Crippen molar-refractivity contribution in [1.82, 2.24) is 9.88 Å². The molecule has 168 valence electrons. The number of pyridine rings is 1. The molecule has 32 heavy (non-hydrogen) atoms. The van der Waals surface area contributed by atoms with Gasteiger partial charge in [0.1, 0.15) is 5.69 Å². The Bertz CT molecular complexity index is 1180. The third-order valence-electron chi connectivity index (χ3n) is 4.96. The number of aryl methyl sites for hydroxylation is 1. The van der Waals surface area contributed by atoms with Crippen LogP contribution in [0, 0.1) is 6.92 Å². The van der Waals surface area contributed by atoms with Gasteiger partial charge < -0.3 is 14.7 Å². The van der Waals surface area contributed by atoms with Gasteiger partial charge in [0, 0.05) is 30.1 Å². The fraction of sp³-hybridized carbons (Fsp3) is 0.320. The fourth-order valence-corrected chi connectivity index (χ4v) is 3.75. The first-order valence-electron chi connectivity index (χ1n) is 10.2. The van der Waals surface area contributed by atoms with Crippen LogP contribution >= 0.6 is 11.6 Å². The number of nitrogens with zero attached hydrogens (tertiary/aromatic N) is 2. The van der Waals surface area contributed by atoms with Crippen molar-refractivity contribution in [2.45, 2.75) is 39.4 Å². The van der Waals surface area contributed by atoms with E-state index < -0.39 is 17.7 Å². The maximum absolute atomic E-state index is 12.4. The van der Waals surface area contributed by atoms with Gasteiger partial charge in [-0.25, -0.2) is 9.78 Å². The maximum Gasteiger partial charge on any atom is 0.337 e. The zero-order chi connectivity index (χ0) is 23.8. The molecular formula is C25H27ClN2O4. The summed E-state index contributed by atoms with van der Waals surface area (Å²) >= 11 is 6.10. The van der Waals surface area contributed by atoms with E-state index in [1.54, 1.807) is 38.4 Å². The third-order valence-corrected chi connectivity index (χ3v) is 5.21. The van der Waals surface area contributed by atoms with Crippen LogP contribution in [0.15, 0.2) is 42.5 Å². The van der Waals surface area contributed by atoms with E-state index in [1.165, 1.54) is 4.90 Å². The van der Waals surface area contributed by atoms with Gasteiger partial charge in [-0.3, -0.25) is 4.79 Å². The molecule has 1 unspecified atom stereocenters. The molecule has 3 rings (SSSR count). The van der Waals surface area contributed by atoms with Gasteiger partial charge in [-0.05, 0) is 74.7 Å². The summed E-state index contributed by atoms with van der Waals surface area (Å²) in [5.74, 6) is -1.29. The summed E-state index contributed by atoms with van der Waals surface area (Å²) in [6.07, 6.45) is -1.19. The minimum absolute atomic E-state index is 0.207. The molecule has 0 radical (unpaired) electrons. The van der Waals surface area contributed by atoms with Crippen LogP contribution in [0.2, 0.25) is 5.02 Å². The van der Waals surface area contributed by atoms with Gasteiger partial charge in [-0.1, -0.05) is 23.7 Å². The number of ether oxygens (including phenoxy) is 1. The molecular weight excluding hydrogens is 428 g/mol. The molecule has 0 aliphatic rings. The second-order valence-corrected chi connectivity index (χ2v) is 9.34. The Kier molecular flexibility index (Phi) is 6.58. The average Bonchev–Trinajstić information content (AvgIpc) is 2.70. The van der Waals surface area contributed by atoms with Crippen LogP contribution < -0.4 is 0 Å². The highest BCUT2D eigenvalue weighted by Crippen LogP contribution is 2.40. The molecule has 6 nitrogen and oxygen atoms in total. The van der Waals surface area contributed by atoms with Gasteiger partial charge in [0.05, 0.1) is 11.1 Å². The summed E-state index contributed by atoms with van der Waals surface area (Å²) < 4.78 is 5.99. The number of carboxylic acid groups (broad SMARTS) is 1. The molecule has 2 aromatic carbocycles. The number of fused-ring (bicyclic) bond motifs is 1. The van der Waals surface area contributed by atoms with Crippen molar-refractivity contribution in [3.8, 4) is 11.1 Å². The minimum Gasteiger partial charge on any atom is -0.479 e. The summed E-state index contributed by atoms with van der Waals surface area (Å²) in [6, 6.07) is 12.5. The zero-order valence-electron chi connectivity index (χ0n) is 19.1. The van der Waals surface area contributed by atoms with E-state index in [9.17, 15) is 14.7 Å². The molecule has 0 spiro atoms. The number of hydrogen-bond donors (Lipinski definition) is 1. The van der Waals surface area contributed by atoms with E-state index in [2.05, 4.69) is 4.98 Å². The lowest BCUT2D eigenvalue weighted by Crippen LogP contribution is -2.28. The second kappa shape index (κ2) is 8.88. The number of carboxylic acids is 1. The zero-order valence-corrected chi connectivity index (χ0v) is 19.8. The Morgan fingerprint density at radius 3 is 2.25 bits per heavy atom. The highest BCUT2D eigenvalue weighted by atomic mass is 35.5. The highest BCUT2D eigenvalue weighted by molar-refractivity contribution is 6.30. The third kappa shape index (κ3) is 4.92. The minimum atomic E-state index is -1.19. The first-order chi connectivity index (χ1) is 14.9. The summed E-state index contributed by atoms with van der Waals surface area (Å²) in [7, 11) is 3.34. The van der Waals surface area contributed by atoms with Gasteiger partial charge in [0.15, 0.2) is 6.10 Å². The smallest absolute Gasteiger partial charge is 0.337 e. The number of halogens is 1. The topological polar surface area (TPSA) is 79.7 Å². The molecule has 0 saturated heterocycles. The quantitative estimate of drug-likeness (QED) is 0.550. The Morgan fingerprint density at radius 1 is 1.09 bits per heavy atom. The van der Waals surface area contributed by atoms with Crippen LogP contribution in [-0.2, 0) is 9.53 Å². The normalized spacial score (nSPS) is 12.6. The average molecular weight is 455 g/mol. The van der Waals surface area contributed by atoms with Crippen molar-refractivity contribution in [3.05, 3.63) is 64.3 Å². The van der Waals surface area contributed by atoms with E-state index >= 15 is 0 Å². The van der Waals surface area contributed by atoms with Crippen LogP contribution in [0.5, 0.6) is 0 Å². The van der Waals surface area contributed by atoms with E-state index in [0.29, 0.717) is 32.9 Å². The lowest BCUT2D eigenvalue weighted by atomic mass is 9.88. The number of carbonyl (C=O) groups is 2. The van der Waals surface area contributed by atoms with Crippen molar-refractivity contribution < 1.29 is 19.4 Å². The molecule has 1 N–H and O–H groups in total. The van der Waals surface area contributed by atoms with Crippen molar-refractivity contribution in [3.63, 3.8) is 0 Å². The number of hydrogen-bond acceptors (Lipinski definition) is 4. The van der Waals surface area contributed by atoms with Crippen LogP contribution in [0.1, 0.15) is 48.5 Å². The van der Waals surface area contributed by atoms with E-state index in [4.69, 9.17) is 16.3 Å². The number of amides is 1. The standard InChI is InChI=1S/C25H27ClN2O4/c1-14-13-19-17(11-12-18(27-19)23(29)28(5)6)21(15-7-9-16(26)10-8-15)20(14)22(24(30)31)32-25(2,3)4/h7-13,22H,1-6H3,(H,30,31). The molecule has 1 amide bonds. The summed E-state index contributed by atoms with van der Waals surface area (Å²) in [6.45, 7) is 7.30. The van der Waals surface area contributed by atoms with Gasteiger partial charge in [-0.15, -0.1) is 0 Å². The molecule has 1 aromatic heterocycles. The van der Waals surface area contributed by atoms with Gasteiger partial charge >= 0.3 is 5.97 Å².